The van der Waals surface area contributed by atoms with Crippen molar-refractivity contribution < 1.29 is 9.15 Å². The molecule has 0 unspecified atom stereocenters. The summed E-state index contributed by atoms with van der Waals surface area (Å²) in [5.41, 5.74) is 5.46. The molecule has 166 valence electrons. The first kappa shape index (κ1) is 23.1. The van der Waals surface area contributed by atoms with Gasteiger partial charge in [0.05, 0.1) is 6.61 Å². The van der Waals surface area contributed by atoms with Gasteiger partial charge in [0.1, 0.15) is 5.75 Å². The van der Waals surface area contributed by atoms with E-state index in [0.717, 1.165) is 41.0 Å². The summed E-state index contributed by atoms with van der Waals surface area (Å²) in [6.45, 7) is 9.29. The van der Waals surface area contributed by atoms with Crippen LogP contribution in [0.15, 0.2) is 40.8 Å². The Balaban J connectivity index is 1.49. The van der Waals surface area contributed by atoms with Crippen LogP contribution in [0, 0.1) is 20.8 Å². The maximum Gasteiger partial charge on any atom is 0.248 e. The zero-order chi connectivity index (χ0) is 22.1. The number of benzene rings is 2. The molecule has 4 nitrogen and oxygen atoms in total. The molecule has 3 aromatic rings. The van der Waals surface area contributed by atoms with Crippen LogP contribution in [0.3, 0.4) is 0 Å². The number of aryl methyl sites for hydroxylation is 3. The molecule has 0 N–H and O–H groups in total. The first-order valence-electron chi connectivity index (χ1n) is 11.7. The Labute approximate surface area is 187 Å². The van der Waals surface area contributed by atoms with Crippen LogP contribution in [0.5, 0.6) is 5.75 Å². The zero-order valence-electron chi connectivity index (χ0n) is 19.5. The molecule has 0 saturated carbocycles. The van der Waals surface area contributed by atoms with Gasteiger partial charge in [0.2, 0.25) is 11.8 Å². The molecule has 31 heavy (non-hydrogen) atoms. The first-order chi connectivity index (χ1) is 15.1. The van der Waals surface area contributed by atoms with Crippen LogP contribution in [0.2, 0.25) is 0 Å². The van der Waals surface area contributed by atoms with Crippen LogP contribution >= 0.6 is 0 Å². The van der Waals surface area contributed by atoms with E-state index in [-0.39, 0.29) is 0 Å². The van der Waals surface area contributed by atoms with Gasteiger partial charge in [-0.1, -0.05) is 69.6 Å². The summed E-state index contributed by atoms with van der Waals surface area (Å²) in [6, 6.07) is 12.2. The second-order valence-electron chi connectivity index (χ2n) is 8.53. The average Bonchev–Trinajstić information content (AvgIpc) is 3.22. The maximum atomic E-state index is 5.99. The minimum absolute atomic E-state index is 0.531. The summed E-state index contributed by atoms with van der Waals surface area (Å²) in [7, 11) is 0. The van der Waals surface area contributed by atoms with Crippen molar-refractivity contribution in [1.82, 2.24) is 10.2 Å². The van der Waals surface area contributed by atoms with Gasteiger partial charge in [-0.25, -0.2) is 0 Å². The van der Waals surface area contributed by atoms with Gasteiger partial charge in [0, 0.05) is 11.1 Å². The highest BCUT2D eigenvalue weighted by Gasteiger charge is 2.15. The van der Waals surface area contributed by atoms with Crippen LogP contribution in [0.25, 0.3) is 22.9 Å². The molecule has 2 aromatic carbocycles. The van der Waals surface area contributed by atoms with Gasteiger partial charge in [-0.2, -0.15) is 0 Å². The van der Waals surface area contributed by atoms with Gasteiger partial charge < -0.3 is 9.15 Å². The molecule has 0 atom stereocenters. The topological polar surface area (TPSA) is 48.2 Å². The number of ether oxygens (including phenoxy) is 1. The Morgan fingerprint density at radius 3 is 1.97 bits per heavy atom. The monoisotopic (exact) mass is 420 g/mol. The lowest BCUT2D eigenvalue weighted by Gasteiger charge is -2.07. The van der Waals surface area contributed by atoms with Gasteiger partial charge in [-0.05, 0) is 62.6 Å². The predicted octanol–water partition coefficient (Wildman–Crippen LogP) is 7.85. The summed E-state index contributed by atoms with van der Waals surface area (Å²) >= 11 is 0. The highest BCUT2D eigenvalue weighted by Crippen LogP contribution is 2.30. The summed E-state index contributed by atoms with van der Waals surface area (Å²) < 4.78 is 11.9. The number of rotatable bonds is 12. The minimum atomic E-state index is 0.531. The molecule has 0 aliphatic carbocycles. The normalized spacial score (nSPS) is 11.1. The third-order valence-electron chi connectivity index (χ3n) is 5.68. The average molecular weight is 421 g/mol. The molecule has 0 fully saturated rings. The molecule has 0 saturated heterocycles. The molecule has 1 heterocycles. The molecule has 0 spiro atoms. The number of hydrogen-bond donors (Lipinski definition) is 0. The van der Waals surface area contributed by atoms with E-state index in [1.807, 2.05) is 24.3 Å². The quantitative estimate of drug-likeness (QED) is 0.280. The number of hydrogen-bond acceptors (Lipinski definition) is 4. The molecule has 0 aliphatic heterocycles. The van der Waals surface area contributed by atoms with Crippen LogP contribution in [0.1, 0.15) is 75.0 Å². The zero-order valence-corrected chi connectivity index (χ0v) is 19.5. The van der Waals surface area contributed by atoms with Gasteiger partial charge in [0.25, 0.3) is 0 Å². The Hall–Kier alpha value is -2.62. The maximum absolute atomic E-state index is 5.99. The Morgan fingerprint density at radius 2 is 1.32 bits per heavy atom. The predicted molar refractivity (Wildman–Crippen MR) is 127 cm³/mol. The van der Waals surface area contributed by atoms with Crippen molar-refractivity contribution in [2.24, 2.45) is 0 Å². The van der Waals surface area contributed by atoms with Crippen molar-refractivity contribution in [2.45, 2.75) is 79.1 Å². The molecule has 0 amide bonds. The molecule has 3 rings (SSSR count). The minimum Gasteiger partial charge on any atom is -0.494 e. The van der Waals surface area contributed by atoms with E-state index in [9.17, 15) is 0 Å². The first-order valence-corrected chi connectivity index (χ1v) is 11.7. The lowest BCUT2D eigenvalue weighted by Crippen LogP contribution is -1.97. The van der Waals surface area contributed by atoms with E-state index in [1.54, 1.807) is 0 Å². The largest absolute Gasteiger partial charge is 0.494 e. The highest BCUT2D eigenvalue weighted by molar-refractivity contribution is 5.65. The van der Waals surface area contributed by atoms with Crippen molar-refractivity contribution in [3.63, 3.8) is 0 Å². The van der Waals surface area contributed by atoms with E-state index in [4.69, 9.17) is 9.15 Å². The summed E-state index contributed by atoms with van der Waals surface area (Å²) in [5.74, 6) is 1.99. The van der Waals surface area contributed by atoms with E-state index >= 15 is 0 Å². The van der Waals surface area contributed by atoms with Crippen LogP contribution in [-0.2, 0) is 0 Å². The summed E-state index contributed by atoms with van der Waals surface area (Å²) in [6.07, 6.45) is 10.4. The summed E-state index contributed by atoms with van der Waals surface area (Å²) in [5, 5.41) is 8.55. The molecule has 0 bridgehead atoms. The molecular weight excluding hydrogens is 384 g/mol. The molecule has 4 heteroatoms. The van der Waals surface area contributed by atoms with E-state index in [0.29, 0.717) is 11.8 Å². The number of unbranched alkanes of at least 4 members (excludes halogenated alkanes) is 7. The lowest BCUT2D eigenvalue weighted by atomic mass is 10.00. The standard InChI is InChI=1S/C27H36N2O2/c1-5-6-7-8-9-10-11-12-17-30-24-15-13-23(14-16-24)26-28-29-27(31-26)25-21(3)18-20(2)19-22(25)4/h13-16,18-19H,5-12,17H2,1-4H3. The van der Waals surface area contributed by atoms with Crippen LogP contribution < -0.4 is 4.74 Å². The molecule has 0 aliphatic rings. The van der Waals surface area contributed by atoms with E-state index < -0.39 is 0 Å². The SMILES string of the molecule is CCCCCCCCCCOc1ccc(-c2nnc(-c3c(C)cc(C)cc3C)o2)cc1. The molecule has 0 radical (unpaired) electrons. The third kappa shape index (κ3) is 6.68. The van der Waals surface area contributed by atoms with Crippen molar-refractivity contribution >= 4 is 0 Å². The van der Waals surface area contributed by atoms with Gasteiger partial charge >= 0.3 is 0 Å². The number of nitrogens with zero attached hydrogens (tertiary/aromatic N) is 2. The van der Waals surface area contributed by atoms with Crippen LogP contribution in [-0.4, -0.2) is 16.8 Å². The van der Waals surface area contributed by atoms with Gasteiger partial charge in [0.15, 0.2) is 0 Å². The fourth-order valence-electron chi connectivity index (χ4n) is 4.08. The Morgan fingerprint density at radius 1 is 0.742 bits per heavy atom. The van der Waals surface area contributed by atoms with Crippen LogP contribution in [0.4, 0.5) is 0 Å². The third-order valence-corrected chi connectivity index (χ3v) is 5.68. The number of aromatic nitrogens is 2. The highest BCUT2D eigenvalue weighted by atomic mass is 16.5. The Kier molecular flexibility index (Phi) is 8.69. The fourth-order valence-corrected chi connectivity index (χ4v) is 4.08. The van der Waals surface area contributed by atoms with Gasteiger partial charge in [-0.3, -0.25) is 0 Å². The van der Waals surface area contributed by atoms with Crippen molar-refractivity contribution in [1.29, 1.82) is 0 Å². The van der Waals surface area contributed by atoms with Crippen molar-refractivity contribution in [3.05, 3.63) is 53.1 Å². The lowest BCUT2D eigenvalue weighted by molar-refractivity contribution is 0.304. The fraction of sp³-hybridized carbons (Fsp3) is 0.481. The second-order valence-corrected chi connectivity index (χ2v) is 8.53. The molecular formula is C27H36N2O2. The smallest absolute Gasteiger partial charge is 0.248 e. The van der Waals surface area contributed by atoms with E-state index in [2.05, 4.69) is 50.0 Å². The van der Waals surface area contributed by atoms with Crippen molar-refractivity contribution in [3.8, 4) is 28.7 Å². The summed E-state index contributed by atoms with van der Waals surface area (Å²) in [4.78, 5) is 0. The van der Waals surface area contributed by atoms with E-state index in [1.165, 1.54) is 50.5 Å². The Bertz CT molecular complexity index is 921. The van der Waals surface area contributed by atoms with Gasteiger partial charge in [-0.15, -0.1) is 10.2 Å². The molecule has 1 aromatic heterocycles. The van der Waals surface area contributed by atoms with Crippen molar-refractivity contribution in [2.75, 3.05) is 6.61 Å². The second kappa shape index (κ2) is 11.7.